The van der Waals surface area contributed by atoms with Crippen LogP contribution in [-0.2, 0) is 9.47 Å². The summed E-state index contributed by atoms with van der Waals surface area (Å²) in [7, 11) is 0. The second kappa shape index (κ2) is 20.1. The summed E-state index contributed by atoms with van der Waals surface area (Å²) < 4.78 is 10.1. The molecule has 0 aliphatic heterocycles. The molecule has 0 aromatic carbocycles. The van der Waals surface area contributed by atoms with Gasteiger partial charge in [0.2, 0.25) is 0 Å². The second-order valence-electron chi connectivity index (χ2n) is 10.0. The molecule has 2 fully saturated rings. The van der Waals surface area contributed by atoms with Crippen LogP contribution < -0.4 is 31.9 Å². The van der Waals surface area contributed by atoms with Crippen LogP contribution in [0.5, 0.6) is 0 Å². The largest absolute Gasteiger partial charge is 0.448 e. The molecule has 0 unspecified atom stereocenters. The zero-order valence-electron chi connectivity index (χ0n) is 22.7. The average molecular weight is 541 g/mol. The summed E-state index contributed by atoms with van der Waals surface area (Å²) in [6, 6.07) is 0.0669. The normalized spacial score (nSPS) is 16.1. The third-order valence-electron chi connectivity index (χ3n) is 6.76. The molecule has 0 aromatic rings. The van der Waals surface area contributed by atoms with Gasteiger partial charge in [-0.15, -0.1) is 0 Å². The fourth-order valence-corrected chi connectivity index (χ4v) is 4.67. The second-order valence-corrected chi connectivity index (χ2v) is 10.0. The molecule has 0 radical (unpaired) electrons. The van der Waals surface area contributed by atoms with Gasteiger partial charge in [-0.3, -0.25) is 0 Å². The fourth-order valence-electron chi connectivity index (χ4n) is 4.67. The Bertz CT molecular complexity index is 640. The topological polar surface area (TPSA) is 159 Å². The highest BCUT2D eigenvalue weighted by molar-refractivity contribution is 5.74. The Balaban J connectivity index is 1.30. The van der Waals surface area contributed by atoms with Gasteiger partial charge in [0, 0.05) is 25.2 Å². The van der Waals surface area contributed by atoms with Crippen molar-refractivity contribution in [2.45, 2.75) is 102 Å². The summed E-state index contributed by atoms with van der Waals surface area (Å²) in [6.07, 6.45) is 13.6. The van der Waals surface area contributed by atoms with E-state index < -0.39 is 12.2 Å². The van der Waals surface area contributed by atoms with Crippen LogP contribution >= 0.6 is 0 Å². The molecule has 2 rings (SSSR count). The van der Waals surface area contributed by atoms with E-state index in [0.717, 1.165) is 77.0 Å². The van der Waals surface area contributed by atoms with Crippen LogP contribution in [0.25, 0.3) is 0 Å². The zero-order valence-corrected chi connectivity index (χ0v) is 22.7. The number of amides is 6. The number of alkyl carbamates (subject to hydrolysis) is 2. The minimum absolute atomic E-state index is 0.120. The van der Waals surface area contributed by atoms with Crippen molar-refractivity contribution >= 4 is 24.2 Å². The third kappa shape index (κ3) is 16.0. The Morgan fingerprint density at radius 1 is 0.500 bits per heavy atom. The van der Waals surface area contributed by atoms with Crippen LogP contribution in [0, 0.1) is 0 Å². The van der Waals surface area contributed by atoms with E-state index in [4.69, 9.17) is 9.47 Å². The standard InChI is InChI=1S/C26H48N6O6/c33-23(31-21-11-5-3-6-12-21)27-17-19-37-25(35)29-15-9-1-2-10-16-30-26(36)38-20-18-28-24(34)32-22-13-7-4-8-14-22/h21-22H,1-20H2,(H,29,35)(H,30,36)(H2,27,31,33)(H2,28,32,34). The van der Waals surface area contributed by atoms with Crippen molar-refractivity contribution in [2.75, 3.05) is 39.4 Å². The Morgan fingerprint density at radius 2 is 0.895 bits per heavy atom. The molecule has 6 amide bonds. The van der Waals surface area contributed by atoms with Crippen LogP contribution in [0.4, 0.5) is 19.2 Å². The van der Waals surface area contributed by atoms with Crippen molar-refractivity contribution in [3.8, 4) is 0 Å². The highest BCUT2D eigenvalue weighted by atomic mass is 16.6. The average Bonchev–Trinajstić information content (AvgIpc) is 2.92. The molecule has 12 nitrogen and oxygen atoms in total. The summed E-state index contributed by atoms with van der Waals surface area (Å²) in [6.45, 7) is 1.79. The maximum Gasteiger partial charge on any atom is 0.407 e. The number of ether oxygens (including phenoxy) is 2. The van der Waals surface area contributed by atoms with Crippen LogP contribution in [-0.4, -0.2) is 75.7 Å². The number of carbonyl (C=O) groups is 4. The maximum absolute atomic E-state index is 11.8. The molecule has 0 saturated heterocycles. The Kier molecular flexibility index (Phi) is 16.6. The summed E-state index contributed by atoms with van der Waals surface area (Å²) in [5, 5.41) is 16.7. The van der Waals surface area contributed by atoms with Gasteiger partial charge in [-0.05, 0) is 38.5 Å². The molecule has 12 heteroatoms. The van der Waals surface area contributed by atoms with Gasteiger partial charge in [0.1, 0.15) is 13.2 Å². The zero-order chi connectivity index (χ0) is 27.3. The lowest BCUT2D eigenvalue weighted by Gasteiger charge is -2.22. The molecular weight excluding hydrogens is 492 g/mol. The van der Waals surface area contributed by atoms with Gasteiger partial charge >= 0.3 is 24.2 Å². The SMILES string of the molecule is O=C(NCCOC(=O)NCCCCCCNC(=O)OCCNC(=O)NC1CCCCC1)NC1CCCCC1. The highest BCUT2D eigenvalue weighted by Crippen LogP contribution is 2.17. The predicted octanol–water partition coefficient (Wildman–Crippen LogP) is 3.26. The number of unbranched alkanes of at least 4 members (excludes halogenated alkanes) is 3. The van der Waals surface area contributed by atoms with E-state index in [-0.39, 0.29) is 50.4 Å². The van der Waals surface area contributed by atoms with Gasteiger partial charge in [0.15, 0.2) is 0 Å². The van der Waals surface area contributed by atoms with Crippen LogP contribution in [0.3, 0.4) is 0 Å². The van der Waals surface area contributed by atoms with Gasteiger partial charge in [-0.25, -0.2) is 19.2 Å². The number of rotatable bonds is 15. The molecule has 2 saturated carbocycles. The van der Waals surface area contributed by atoms with E-state index >= 15 is 0 Å². The predicted molar refractivity (Wildman–Crippen MR) is 144 cm³/mol. The number of nitrogens with one attached hydrogen (secondary N) is 6. The van der Waals surface area contributed by atoms with Crippen molar-refractivity contribution in [3.63, 3.8) is 0 Å². The van der Waals surface area contributed by atoms with Gasteiger partial charge in [0.25, 0.3) is 0 Å². The highest BCUT2D eigenvalue weighted by Gasteiger charge is 2.16. The Labute approximate surface area is 226 Å². The summed E-state index contributed by atoms with van der Waals surface area (Å²) >= 11 is 0. The molecule has 218 valence electrons. The molecule has 0 bridgehead atoms. The molecule has 0 heterocycles. The molecule has 2 aliphatic rings. The van der Waals surface area contributed by atoms with E-state index in [0.29, 0.717) is 13.1 Å². The molecule has 38 heavy (non-hydrogen) atoms. The van der Waals surface area contributed by atoms with Gasteiger partial charge < -0.3 is 41.4 Å². The number of hydrogen-bond donors (Lipinski definition) is 6. The lowest BCUT2D eigenvalue weighted by Crippen LogP contribution is -2.44. The first-order valence-corrected chi connectivity index (χ1v) is 14.4. The van der Waals surface area contributed by atoms with Gasteiger partial charge in [-0.2, -0.15) is 0 Å². The summed E-state index contributed by atoms with van der Waals surface area (Å²) in [5.74, 6) is 0. The van der Waals surface area contributed by atoms with Gasteiger partial charge in [-0.1, -0.05) is 51.4 Å². The maximum atomic E-state index is 11.8. The number of hydrogen-bond acceptors (Lipinski definition) is 6. The van der Waals surface area contributed by atoms with Crippen molar-refractivity contribution in [1.29, 1.82) is 0 Å². The smallest absolute Gasteiger partial charge is 0.407 e. The van der Waals surface area contributed by atoms with Crippen molar-refractivity contribution in [3.05, 3.63) is 0 Å². The monoisotopic (exact) mass is 540 g/mol. The molecule has 0 spiro atoms. The van der Waals surface area contributed by atoms with Crippen molar-refractivity contribution < 1.29 is 28.7 Å². The van der Waals surface area contributed by atoms with E-state index in [1.165, 1.54) is 12.8 Å². The van der Waals surface area contributed by atoms with Crippen LogP contribution in [0.15, 0.2) is 0 Å². The minimum Gasteiger partial charge on any atom is -0.448 e. The van der Waals surface area contributed by atoms with E-state index in [2.05, 4.69) is 31.9 Å². The Morgan fingerprint density at radius 3 is 1.29 bits per heavy atom. The van der Waals surface area contributed by atoms with E-state index in [9.17, 15) is 19.2 Å². The minimum atomic E-state index is -0.496. The quantitative estimate of drug-likeness (QED) is 0.175. The van der Waals surface area contributed by atoms with Crippen molar-refractivity contribution in [2.24, 2.45) is 0 Å². The lowest BCUT2D eigenvalue weighted by molar-refractivity contribution is 0.145. The first-order chi connectivity index (χ1) is 18.5. The molecule has 0 aromatic heterocycles. The van der Waals surface area contributed by atoms with E-state index in [1.807, 2.05) is 0 Å². The number of carbonyl (C=O) groups excluding carboxylic acids is 4. The van der Waals surface area contributed by atoms with Crippen LogP contribution in [0.2, 0.25) is 0 Å². The Hall–Kier alpha value is -2.92. The molecule has 0 atom stereocenters. The fraction of sp³-hybridized carbons (Fsp3) is 0.846. The molecule has 6 N–H and O–H groups in total. The first kappa shape index (κ1) is 31.3. The summed E-state index contributed by atoms with van der Waals surface area (Å²) in [4.78, 5) is 47.1. The van der Waals surface area contributed by atoms with Gasteiger partial charge in [0.05, 0.1) is 13.1 Å². The van der Waals surface area contributed by atoms with Crippen molar-refractivity contribution in [1.82, 2.24) is 31.9 Å². The van der Waals surface area contributed by atoms with Crippen LogP contribution in [0.1, 0.15) is 89.9 Å². The molecular formula is C26H48N6O6. The lowest BCUT2D eigenvalue weighted by atomic mass is 9.96. The molecule has 2 aliphatic carbocycles. The summed E-state index contributed by atoms with van der Waals surface area (Å²) in [5.41, 5.74) is 0. The first-order valence-electron chi connectivity index (χ1n) is 14.4. The number of urea groups is 2. The third-order valence-corrected chi connectivity index (χ3v) is 6.76. The van der Waals surface area contributed by atoms with E-state index in [1.54, 1.807) is 0 Å².